The van der Waals surface area contributed by atoms with Gasteiger partial charge in [-0.2, -0.15) is 5.10 Å². The first-order chi connectivity index (χ1) is 15.1. The molecule has 6 nitrogen and oxygen atoms in total. The zero-order valence-electron chi connectivity index (χ0n) is 16.9. The van der Waals surface area contributed by atoms with Gasteiger partial charge in [0.2, 0.25) is 0 Å². The highest BCUT2D eigenvalue weighted by Gasteiger charge is 2.21. The van der Waals surface area contributed by atoms with Crippen LogP contribution in [-0.2, 0) is 13.2 Å². The minimum atomic E-state index is -0.351. The van der Waals surface area contributed by atoms with Crippen LogP contribution >= 0.6 is 69.6 Å². The third kappa shape index (κ3) is 5.44. The van der Waals surface area contributed by atoms with Crippen LogP contribution in [0.4, 0.5) is 0 Å². The van der Waals surface area contributed by atoms with Gasteiger partial charge in [-0.25, -0.2) is 0 Å². The molecule has 3 rings (SSSR count). The number of nitrogens with one attached hydrogen (secondary N) is 1. The van der Waals surface area contributed by atoms with Gasteiger partial charge in [0.15, 0.2) is 11.5 Å². The number of nitrogens with zero attached hydrogens (tertiary/aromatic N) is 2. The highest BCUT2D eigenvalue weighted by Crippen LogP contribution is 2.48. The summed E-state index contributed by atoms with van der Waals surface area (Å²) in [6.45, 7) is 4.77. The van der Waals surface area contributed by atoms with Crippen molar-refractivity contribution in [3.8, 4) is 5.75 Å². The Hall–Kier alpha value is -1.28. The second-order valence-electron chi connectivity index (χ2n) is 6.77. The average molecular weight is 560 g/mol. The molecule has 1 amide bonds. The number of aromatic nitrogens is 2. The Morgan fingerprint density at radius 1 is 1.00 bits per heavy atom. The van der Waals surface area contributed by atoms with Crippen LogP contribution in [0.5, 0.6) is 5.75 Å². The van der Waals surface area contributed by atoms with Crippen molar-refractivity contribution >= 4 is 75.5 Å². The van der Waals surface area contributed by atoms with E-state index in [1.54, 1.807) is 12.1 Å². The molecule has 1 N–H and O–H groups in total. The molecule has 0 unspecified atom stereocenters. The summed E-state index contributed by atoms with van der Waals surface area (Å²) in [6.07, 6.45) is 0.676. The number of hydrogen-bond donors (Lipinski definition) is 1. The average Bonchev–Trinajstić information content (AvgIpc) is 3.34. The molecule has 0 saturated heterocycles. The summed E-state index contributed by atoms with van der Waals surface area (Å²) in [7, 11) is 0. The zero-order chi connectivity index (χ0) is 23.6. The van der Waals surface area contributed by atoms with E-state index in [2.05, 4.69) is 10.4 Å². The first-order valence-electron chi connectivity index (χ1n) is 9.32. The third-order valence-corrected chi connectivity index (χ3v) is 7.33. The van der Waals surface area contributed by atoms with E-state index in [-0.39, 0.29) is 49.1 Å². The molecule has 32 heavy (non-hydrogen) atoms. The van der Waals surface area contributed by atoms with E-state index in [0.29, 0.717) is 30.3 Å². The van der Waals surface area contributed by atoms with Gasteiger partial charge in [0, 0.05) is 13.1 Å². The summed E-state index contributed by atoms with van der Waals surface area (Å²) in [5.74, 6) is 0.236. The molecule has 12 heteroatoms. The summed E-state index contributed by atoms with van der Waals surface area (Å²) >= 11 is 36.4. The Morgan fingerprint density at radius 3 is 2.22 bits per heavy atom. The standard InChI is InChI=1S/C20H17Cl6N3O3/c1-9-13(21)10(2)29(28-9)7-3-6-27-20(30)12-5-4-11(32-12)8-31-19-17(25)15(23)14(22)16(24)18(19)26/h4-5H,3,6-8H2,1-2H3,(H,27,30). The zero-order valence-corrected chi connectivity index (χ0v) is 21.4. The van der Waals surface area contributed by atoms with Crippen molar-refractivity contribution in [3.63, 3.8) is 0 Å². The van der Waals surface area contributed by atoms with Crippen LogP contribution < -0.4 is 10.1 Å². The quantitative estimate of drug-likeness (QED) is 0.177. The van der Waals surface area contributed by atoms with Crippen molar-refractivity contribution < 1.29 is 13.9 Å². The predicted molar refractivity (Wildman–Crippen MR) is 128 cm³/mol. The molecular formula is C20H17Cl6N3O3. The monoisotopic (exact) mass is 557 g/mol. The van der Waals surface area contributed by atoms with E-state index in [4.69, 9.17) is 78.8 Å². The van der Waals surface area contributed by atoms with Gasteiger partial charge in [-0.1, -0.05) is 69.6 Å². The van der Waals surface area contributed by atoms with Crippen LogP contribution in [0.15, 0.2) is 16.5 Å². The van der Waals surface area contributed by atoms with Crippen molar-refractivity contribution in [3.05, 3.63) is 65.2 Å². The third-order valence-electron chi connectivity index (χ3n) is 4.54. The lowest BCUT2D eigenvalue weighted by Crippen LogP contribution is -2.25. The molecule has 0 saturated carbocycles. The van der Waals surface area contributed by atoms with Crippen LogP contribution in [0.1, 0.15) is 34.1 Å². The van der Waals surface area contributed by atoms with Gasteiger partial charge in [0.05, 0.1) is 31.5 Å². The van der Waals surface area contributed by atoms with Crippen LogP contribution in [0.3, 0.4) is 0 Å². The number of benzene rings is 1. The lowest BCUT2D eigenvalue weighted by Gasteiger charge is -2.12. The topological polar surface area (TPSA) is 69.3 Å². The van der Waals surface area contributed by atoms with Gasteiger partial charge in [0.1, 0.15) is 22.4 Å². The predicted octanol–water partition coefficient (Wildman–Crippen LogP) is 7.41. The molecule has 0 spiro atoms. The summed E-state index contributed by atoms with van der Waals surface area (Å²) < 4.78 is 12.9. The fourth-order valence-corrected chi connectivity index (χ4v) is 4.21. The number of furan rings is 1. The van der Waals surface area contributed by atoms with Crippen molar-refractivity contribution in [2.75, 3.05) is 6.54 Å². The summed E-state index contributed by atoms with van der Waals surface area (Å²) in [6, 6.07) is 3.15. The number of hydrogen-bond acceptors (Lipinski definition) is 4. The number of carbonyl (C=O) groups excluding carboxylic acids is 1. The van der Waals surface area contributed by atoms with Gasteiger partial charge in [-0.05, 0) is 32.4 Å². The molecule has 0 fully saturated rings. The SMILES string of the molecule is Cc1nn(CCCNC(=O)c2ccc(COc3c(Cl)c(Cl)c(Cl)c(Cl)c3Cl)o2)c(C)c1Cl. The van der Waals surface area contributed by atoms with E-state index in [9.17, 15) is 4.79 Å². The summed E-state index contributed by atoms with van der Waals surface area (Å²) in [5.41, 5.74) is 1.68. The number of ether oxygens (including phenoxy) is 1. The first kappa shape index (κ1) is 25.3. The maximum atomic E-state index is 12.3. The Morgan fingerprint density at radius 2 is 1.62 bits per heavy atom. The second kappa shape index (κ2) is 10.8. The lowest BCUT2D eigenvalue weighted by atomic mass is 10.3. The highest BCUT2D eigenvalue weighted by atomic mass is 35.5. The molecule has 0 atom stereocenters. The van der Waals surface area contributed by atoms with E-state index >= 15 is 0 Å². The smallest absolute Gasteiger partial charge is 0.286 e. The molecule has 0 bridgehead atoms. The largest absolute Gasteiger partial charge is 0.482 e. The molecular weight excluding hydrogens is 543 g/mol. The molecule has 0 radical (unpaired) electrons. The second-order valence-corrected chi connectivity index (χ2v) is 9.04. The van der Waals surface area contributed by atoms with Gasteiger partial charge < -0.3 is 14.5 Å². The normalized spacial score (nSPS) is 11.1. The number of halogens is 6. The molecule has 2 heterocycles. The number of amides is 1. The number of rotatable bonds is 8. The lowest BCUT2D eigenvalue weighted by molar-refractivity contribution is 0.0920. The fraction of sp³-hybridized carbons (Fsp3) is 0.300. The molecule has 172 valence electrons. The van der Waals surface area contributed by atoms with E-state index in [0.717, 1.165) is 11.4 Å². The van der Waals surface area contributed by atoms with Crippen molar-refractivity contribution in [2.45, 2.75) is 33.4 Å². The molecule has 0 aliphatic heterocycles. The van der Waals surface area contributed by atoms with Crippen molar-refractivity contribution in [2.24, 2.45) is 0 Å². The van der Waals surface area contributed by atoms with E-state index in [1.165, 1.54) is 0 Å². The maximum Gasteiger partial charge on any atom is 0.286 e. The van der Waals surface area contributed by atoms with Crippen LogP contribution in [-0.4, -0.2) is 22.2 Å². The Bertz CT molecular complexity index is 1130. The van der Waals surface area contributed by atoms with Gasteiger partial charge in [0.25, 0.3) is 5.91 Å². The van der Waals surface area contributed by atoms with Gasteiger partial charge in [-0.15, -0.1) is 0 Å². The van der Waals surface area contributed by atoms with Gasteiger partial charge >= 0.3 is 0 Å². The molecule has 0 aliphatic rings. The molecule has 1 aromatic carbocycles. The van der Waals surface area contributed by atoms with Crippen LogP contribution in [0.25, 0.3) is 0 Å². The van der Waals surface area contributed by atoms with E-state index < -0.39 is 0 Å². The Kier molecular flexibility index (Phi) is 8.53. The Balaban J connectivity index is 1.53. The van der Waals surface area contributed by atoms with Gasteiger partial charge in [-0.3, -0.25) is 9.48 Å². The minimum Gasteiger partial charge on any atom is -0.482 e. The van der Waals surface area contributed by atoms with Crippen LogP contribution in [0.2, 0.25) is 30.1 Å². The number of aryl methyl sites for hydroxylation is 2. The molecule has 3 aromatic rings. The highest BCUT2D eigenvalue weighted by molar-refractivity contribution is 6.55. The van der Waals surface area contributed by atoms with Crippen LogP contribution in [0, 0.1) is 13.8 Å². The minimum absolute atomic E-state index is 0.0273. The summed E-state index contributed by atoms with van der Waals surface area (Å²) in [5, 5.41) is 7.96. The van der Waals surface area contributed by atoms with Crippen molar-refractivity contribution in [1.82, 2.24) is 15.1 Å². The molecule has 2 aromatic heterocycles. The van der Waals surface area contributed by atoms with E-state index in [1.807, 2.05) is 18.5 Å². The fourth-order valence-electron chi connectivity index (χ4n) is 2.84. The maximum absolute atomic E-state index is 12.3. The Labute approximate surface area is 214 Å². The number of carbonyl (C=O) groups is 1. The summed E-state index contributed by atoms with van der Waals surface area (Å²) in [4.78, 5) is 12.3. The first-order valence-corrected chi connectivity index (χ1v) is 11.6. The van der Waals surface area contributed by atoms with Crippen molar-refractivity contribution in [1.29, 1.82) is 0 Å². The molecule has 0 aliphatic carbocycles.